The minimum atomic E-state index is -0.0180. The van der Waals surface area contributed by atoms with Crippen LogP contribution in [-0.4, -0.2) is 5.78 Å². The van der Waals surface area contributed by atoms with Gasteiger partial charge in [0.15, 0.2) is 5.78 Å². The first kappa shape index (κ1) is 18.5. The van der Waals surface area contributed by atoms with Crippen molar-refractivity contribution >= 4 is 34.8 Å². The van der Waals surface area contributed by atoms with E-state index in [4.69, 9.17) is 20.8 Å². The number of thiophene rings is 1. The highest BCUT2D eigenvalue weighted by Gasteiger charge is 2.10. The topological polar surface area (TPSA) is 39.4 Å². The highest BCUT2D eigenvalue weighted by molar-refractivity contribution is 7.12. The Morgan fingerprint density at radius 2 is 2.04 bits per heavy atom. The van der Waals surface area contributed by atoms with Crippen LogP contribution in [0.15, 0.2) is 46.9 Å². The van der Waals surface area contributed by atoms with E-state index in [1.54, 1.807) is 23.5 Å². The number of aryl methyl sites for hydroxylation is 2. The number of furan rings is 1. The van der Waals surface area contributed by atoms with E-state index in [9.17, 15) is 4.79 Å². The molecule has 0 fully saturated rings. The van der Waals surface area contributed by atoms with Crippen LogP contribution in [0.25, 0.3) is 6.08 Å². The highest BCUT2D eigenvalue weighted by Crippen LogP contribution is 2.26. The van der Waals surface area contributed by atoms with Gasteiger partial charge in [0.25, 0.3) is 0 Å². The van der Waals surface area contributed by atoms with Crippen molar-refractivity contribution in [3.05, 3.63) is 79.9 Å². The number of benzene rings is 1. The lowest BCUT2D eigenvalue weighted by atomic mass is 10.1. The summed E-state index contributed by atoms with van der Waals surface area (Å²) in [4.78, 5) is 14.4. The number of ketones is 1. The molecule has 0 saturated carbocycles. The second kappa shape index (κ2) is 7.94. The largest absolute Gasteiger partial charge is 0.485 e. The van der Waals surface area contributed by atoms with E-state index in [0.717, 1.165) is 26.6 Å². The summed E-state index contributed by atoms with van der Waals surface area (Å²) in [6.45, 7) is 6.16. The third kappa shape index (κ3) is 4.26. The van der Waals surface area contributed by atoms with Gasteiger partial charge >= 0.3 is 0 Å². The SMILES string of the molecule is Cc1cc(C(=O)/C=C/c2ccc(COc3cccc(Cl)c3C)o2)c(C)s1. The van der Waals surface area contributed by atoms with Crippen LogP contribution in [0.1, 0.15) is 37.2 Å². The first-order valence-electron chi connectivity index (χ1n) is 8.20. The molecule has 0 spiro atoms. The van der Waals surface area contributed by atoms with E-state index >= 15 is 0 Å². The molecule has 3 aromatic rings. The third-order valence-electron chi connectivity index (χ3n) is 3.98. The summed E-state index contributed by atoms with van der Waals surface area (Å²) < 4.78 is 11.5. The number of rotatable bonds is 6. The molecule has 0 saturated heterocycles. The number of hydrogen-bond acceptors (Lipinski definition) is 4. The van der Waals surface area contributed by atoms with Crippen LogP contribution in [-0.2, 0) is 6.61 Å². The summed E-state index contributed by atoms with van der Waals surface area (Å²) in [6, 6.07) is 11.1. The van der Waals surface area contributed by atoms with E-state index < -0.39 is 0 Å². The smallest absolute Gasteiger partial charge is 0.187 e. The summed E-state index contributed by atoms with van der Waals surface area (Å²) in [6.07, 6.45) is 3.22. The summed E-state index contributed by atoms with van der Waals surface area (Å²) in [5, 5.41) is 0.669. The molecule has 0 bridgehead atoms. The van der Waals surface area contributed by atoms with E-state index in [1.165, 1.54) is 0 Å². The zero-order chi connectivity index (χ0) is 18.7. The van der Waals surface area contributed by atoms with Crippen molar-refractivity contribution in [3.63, 3.8) is 0 Å². The standard InChI is InChI=1S/C21H19ClO3S/c1-13-11-18(15(3)26-13)20(23)10-9-16-7-8-17(25-16)12-24-21-6-4-5-19(22)14(21)2/h4-11H,12H2,1-3H3/b10-9+. The molecule has 0 aliphatic carbocycles. The van der Waals surface area contributed by atoms with Crippen molar-refractivity contribution in [3.8, 4) is 5.75 Å². The van der Waals surface area contributed by atoms with Crippen LogP contribution in [0.3, 0.4) is 0 Å². The molecule has 2 aromatic heterocycles. The van der Waals surface area contributed by atoms with Gasteiger partial charge in [0.2, 0.25) is 0 Å². The van der Waals surface area contributed by atoms with Gasteiger partial charge in [-0.1, -0.05) is 17.7 Å². The average Bonchev–Trinajstić information content (AvgIpc) is 3.20. The average molecular weight is 387 g/mol. The molecule has 2 heterocycles. The molecule has 5 heteroatoms. The predicted octanol–water partition coefficient (Wildman–Crippen LogP) is 6.39. The maximum atomic E-state index is 12.3. The van der Waals surface area contributed by atoms with Crippen LogP contribution in [0.4, 0.5) is 0 Å². The summed E-state index contributed by atoms with van der Waals surface area (Å²) in [5.74, 6) is 2.00. The molecule has 0 amide bonds. The van der Waals surface area contributed by atoms with E-state index in [1.807, 2.05) is 57.2 Å². The Kier molecular flexibility index (Phi) is 5.64. The van der Waals surface area contributed by atoms with Crippen molar-refractivity contribution in [1.29, 1.82) is 0 Å². The van der Waals surface area contributed by atoms with Gasteiger partial charge in [-0.2, -0.15) is 0 Å². The van der Waals surface area contributed by atoms with Crippen LogP contribution >= 0.6 is 22.9 Å². The minimum absolute atomic E-state index is 0.0180. The third-order valence-corrected chi connectivity index (χ3v) is 5.35. The maximum absolute atomic E-state index is 12.3. The molecule has 0 aliphatic rings. The van der Waals surface area contributed by atoms with Crippen LogP contribution in [0, 0.1) is 20.8 Å². The lowest BCUT2D eigenvalue weighted by Gasteiger charge is -2.08. The van der Waals surface area contributed by atoms with Gasteiger partial charge < -0.3 is 9.15 Å². The zero-order valence-electron chi connectivity index (χ0n) is 14.8. The number of allylic oxidation sites excluding steroid dienone is 1. The van der Waals surface area contributed by atoms with Gasteiger partial charge in [0.05, 0.1) is 0 Å². The molecule has 134 valence electrons. The van der Waals surface area contributed by atoms with Gasteiger partial charge in [-0.05, 0) is 63.3 Å². The number of ether oxygens (including phenoxy) is 1. The van der Waals surface area contributed by atoms with Crippen LogP contribution < -0.4 is 4.74 Å². The number of hydrogen-bond donors (Lipinski definition) is 0. The lowest BCUT2D eigenvalue weighted by molar-refractivity contribution is 0.104. The zero-order valence-corrected chi connectivity index (χ0v) is 16.4. The molecule has 0 aliphatic heterocycles. The van der Waals surface area contributed by atoms with Crippen molar-refractivity contribution in [1.82, 2.24) is 0 Å². The molecular formula is C21H19ClO3S. The fraction of sp³-hybridized carbons (Fsp3) is 0.190. The number of carbonyl (C=O) groups is 1. The highest BCUT2D eigenvalue weighted by atomic mass is 35.5. The van der Waals surface area contributed by atoms with Gasteiger partial charge in [0.1, 0.15) is 23.9 Å². The Hall–Kier alpha value is -2.30. The van der Waals surface area contributed by atoms with E-state index in [2.05, 4.69) is 0 Å². The summed E-state index contributed by atoms with van der Waals surface area (Å²) in [7, 11) is 0. The number of carbonyl (C=O) groups excluding carboxylic acids is 1. The Morgan fingerprint density at radius 3 is 2.77 bits per heavy atom. The van der Waals surface area contributed by atoms with E-state index in [-0.39, 0.29) is 5.78 Å². The molecule has 1 aromatic carbocycles. The van der Waals surface area contributed by atoms with Crippen molar-refractivity contribution in [2.24, 2.45) is 0 Å². The Labute approximate surface area is 161 Å². The Balaban J connectivity index is 1.63. The van der Waals surface area contributed by atoms with E-state index in [0.29, 0.717) is 23.2 Å². The molecule has 0 unspecified atom stereocenters. The molecule has 0 N–H and O–H groups in total. The van der Waals surface area contributed by atoms with Crippen LogP contribution in [0.5, 0.6) is 5.75 Å². The summed E-state index contributed by atoms with van der Waals surface area (Å²) in [5.41, 5.74) is 1.64. The Bertz CT molecular complexity index is 966. The molecular weight excluding hydrogens is 368 g/mol. The predicted molar refractivity (Wildman–Crippen MR) is 106 cm³/mol. The molecule has 0 atom stereocenters. The summed E-state index contributed by atoms with van der Waals surface area (Å²) >= 11 is 7.72. The quantitative estimate of drug-likeness (QED) is 0.363. The van der Waals surface area contributed by atoms with Gasteiger partial charge in [-0.3, -0.25) is 4.79 Å². The van der Waals surface area contributed by atoms with Crippen molar-refractivity contribution in [2.45, 2.75) is 27.4 Å². The van der Waals surface area contributed by atoms with Crippen molar-refractivity contribution in [2.75, 3.05) is 0 Å². The normalized spacial score (nSPS) is 11.2. The monoisotopic (exact) mass is 386 g/mol. The maximum Gasteiger partial charge on any atom is 0.187 e. The lowest BCUT2D eigenvalue weighted by Crippen LogP contribution is -1.95. The second-order valence-corrected chi connectivity index (χ2v) is 7.85. The van der Waals surface area contributed by atoms with Gasteiger partial charge in [-0.15, -0.1) is 11.3 Å². The molecule has 3 rings (SSSR count). The first-order chi connectivity index (χ1) is 12.4. The van der Waals surface area contributed by atoms with Gasteiger partial charge in [-0.25, -0.2) is 0 Å². The Morgan fingerprint density at radius 1 is 1.23 bits per heavy atom. The molecule has 26 heavy (non-hydrogen) atoms. The second-order valence-electron chi connectivity index (χ2n) is 5.98. The molecule has 0 radical (unpaired) electrons. The van der Waals surface area contributed by atoms with Crippen molar-refractivity contribution < 1.29 is 13.9 Å². The molecule has 3 nitrogen and oxygen atoms in total. The fourth-order valence-electron chi connectivity index (χ4n) is 2.58. The van der Waals surface area contributed by atoms with Crippen LogP contribution in [0.2, 0.25) is 5.02 Å². The first-order valence-corrected chi connectivity index (χ1v) is 9.39. The van der Waals surface area contributed by atoms with Gasteiger partial charge in [0, 0.05) is 25.9 Å². The fourth-order valence-corrected chi connectivity index (χ4v) is 3.67. The number of halogens is 1. The minimum Gasteiger partial charge on any atom is -0.485 e.